The van der Waals surface area contributed by atoms with E-state index in [-0.39, 0.29) is 5.91 Å². The van der Waals surface area contributed by atoms with Gasteiger partial charge in [0.2, 0.25) is 5.91 Å². The maximum Gasteiger partial charge on any atom is 0.224 e. The smallest absolute Gasteiger partial charge is 0.224 e. The molecule has 2 aliphatic heterocycles. The minimum absolute atomic E-state index is 0.269. The van der Waals surface area contributed by atoms with Gasteiger partial charge in [0.25, 0.3) is 0 Å². The number of carbonyl (C=O) groups is 1. The van der Waals surface area contributed by atoms with Crippen LogP contribution in [0.15, 0.2) is 37.2 Å². The van der Waals surface area contributed by atoms with Crippen LogP contribution in [0.3, 0.4) is 0 Å². The van der Waals surface area contributed by atoms with Crippen molar-refractivity contribution in [3.05, 3.63) is 42.7 Å². The summed E-state index contributed by atoms with van der Waals surface area (Å²) in [5.41, 5.74) is 1.22. The van der Waals surface area contributed by atoms with Gasteiger partial charge in [-0.2, -0.15) is 0 Å². The molecule has 3 heterocycles. The molecule has 1 aromatic rings. The van der Waals surface area contributed by atoms with Crippen LogP contribution in [0, 0.1) is 0 Å². The van der Waals surface area contributed by atoms with Gasteiger partial charge in [0.15, 0.2) is 0 Å². The van der Waals surface area contributed by atoms with Crippen molar-refractivity contribution >= 4 is 5.91 Å². The highest BCUT2D eigenvalue weighted by molar-refractivity contribution is 5.80. The summed E-state index contributed by atoms with van der Waals surface area (Å²) < 4.78 is 0. The van der Waals surface area contributed by atoms with Crippen LogP contribution >= 0.6 is 0 Å². The van der Waals surface area contributed by atoms with Gasteiger partial charge in [-0.1, -0.05) is 12.1 Å². The van der Waals surface area contributed by atoms with E-state index in [1.54, 1.807) is 6.20 Å². The molecule has 1 aromatic heterocycles. The molecule has 0 N–H and O–H groups in total. The first-order chi connectivity index (χ1) is 9.29. The molecule has 3 rings (SSSR count). The van der Waals surface area contributed by atoms with Crippen LogP contribution in [0.2, 0.25) is 0 Å². The number of aromatic nitrogens is 1. The largest absolute Gasteiger partial charge is 0.334 e. The van der Waals surface area contributed by atoms with Gasteiger partial charge in [-0.05, 0) is 18.1 Å². The van der Waals surface area contributed by atoms with E-state index in [9.17, 15) is 4.79 Å². The zero-order valence-electron chi connectivity index (χ0n) is 11.0. The second kappa shape index (κ2) is 5.13. The molecule has 0 radical (unpaired) electrons. The van der Waals surface area contributed by atoms with Crippen LogP contribution in [0.5, 0.6) is 0 Å². The molecule has 4 nitrogen and oxygen atoms in total. The molecule has 2 fully saturated rings. The maximum atomic E-state index is 12.0. The second-order valence-corrected chi connectivity index (χ2v) is 5.29. The summed E-state index contributed by atoms with van der Waals surface area (Å²) in [6, 6.07) is 4.81. The Balaban J connectivity index is 1.71. The van der Waals surface area contributed by atoms with Crippen LogP contribution in [0.4, 0.5) is 0 Å². The van der Waals surface area contributed by atoms with Gasteiger partial charge in [0.05, 0.1) is 0 Å². The first-order valence-electron chi connectivity index (χ1n) is 6.83. The van der Waals surface area contributed by atoms with E-state index >= 15 is 0 Å². The Labute approximate surface area is 113 Å². The molecule has 4 heteroatoms. The van der Waals surface area contributed by atoms with Crippen molar-refractivity contribution in [3.63, 3.8) is 0 Å². The van der Waals surface area contributed by atoms with E-state index in [2.05, 4.69) is 22.5 Å². The number of likely N-dealkylation sites (tertiary alicyclic amines) is 2. The summed E-state index contributed by atoms with van der Waals surface area (Å²) in [4.78, 5) is 20.6. The topological polar surface area (TPSA) is 36.4 Å². The maximum absolute atomic E-state index is 12.0. The predicted molar refractivity (Wildman–Crippen MR) is 73.4 cm³/mol. The van der Waals surface area contributed by atoms with Crippen LogP contribution < -0.4 is 0 Å². The molecule has 100 valence electrons. The van der Waals surface area contributed by atoms with Gasteiger partial charge in [-0.3, -0.25) is 14.7 Å². The van der Waals surface area contributed by atoms with Crippen LogP contribution in [-0.2, 0) is 11.3 Å². The average Bonchev–Trinajstić information content (AvgIpc) is 2.93. The lowest BCUT2D eigenvalue weighted by atomic mass is 10.1. The zero-order chi connectivity index (χ0) is 13.2. The Bertz CT molecular complexity index is 474. The Kier molecular flexibility index (Phi) is 3.34. The third kappa shape index (κ3) is 2.28. The molecular weight excluding hydrogens is 238 g/mol. The van der Waals surface area contributed by atoms with Gasteiger partial charge in [-0.15, -0.1) is 6.58 Å². The summed E-state index contributed by atoms with van der Waals surface area (Å²) in [6.07, 6.45) is 7.25. The monoisotopic (exact) mass is 257 g/mol. The molecule has 0 spiro atoms. The van der Waals surface area contributed by atoms with Crippen molar-refractivity contribution in [2.24, 2.45) is 0 Å². The van der Waals surface area contributed by atoms with Gasteiger partial charge in [0.1, 0.15) is 0 Å². The SMILES string of the molecule is C=CCN1C(=O)C[C@H]2[C@H]1CCN2Cc1cccnc1. The highest BCUT2D eigenvalue weighted by atomic mass is 16.2. The molecule has 2 atom stereocenters. The number of nitrogens with zero attached hydrogens (tertiary/aromatic N) is 3. The summed E-state index contributed by atoms with van der Waals surface area (Å²) in [5.74, 6) is 0.269. The summed E-state index contributed by atoms with van der Waals surface area (Å²) in [6.45, 7) is 6.38. The Morgan fingerprint density at radius 1 is 1.47 bits per heavy atom. The number of hydrogen-bond donors (Lipinski definition) is 0. The molecule has 2 aliphatic rings. The van der Waals surface area contributed by atoms with E-state index in [0.29, 0.717) is 25.0 Å². The molecule has 0 bridgehead atoms. The van der Waals surface area contributed by atoms with E-state index in [0.717, 1.165) is 19.5 Å². The lowest BCUT2D eigenvalue weighted by molar-refractivity contribution is -0.128. The Hall–Kier alpha value is -1.68. The first-order valence-corrected chi connectivity index (χ1v) is 6.83. The fourth-order valence-corrected chi connectivity index (χ4v) is 3.31. The van der Waals surface area contributed by atoms with Crippen LogP contribution in [0.1, 0.15) is 18.4 Å². The fraction of sp³-hybridized carbons (Fsp3) is 0.467. The molecule has 2 saturated heterocycles. The van der Waals surface area contributed by atoms with Crippen molar-refractivity contribution in [3.8, 4) is 0 Å². The van der Waals surface area contributed by atoms with E-state index in [1.165, 1.54) is 5.56 Å². The van der Waals surface area contributed by atoms with E-state index in [1.807, 2.05) is 23.2 Å². The second-order valence-electron chi connectivity index (χ2n) is 5.29. The van der Waals surface area contributed by atoms with Gasteiger partial charge in [-0.25, -0.2) is 0 Å². The highest BCUT2D eigenvalue weighted by Crippen LogP contribution is 2.33. The third-order valence-corrected chi connectivity index (χ3v) is 4.16. The first kappa shape index (κ1) is 12.4. The average molecular weight is 257 g/mol. The Morgan fingerprint density at radius 2 is 2.37 bits per heavy atom. The number of fused-ring (bicyclic) bond motifs is 1. The minimum atomic E-state index is 0.269. The van der Waals surface area contributed by atoms with Crippen molar-refractivity contribution in [1.82, 2.24) is 14.8 Å². The molecule has 1 amide bonds. The standard InChI is InChI=1S/C15H19N3O/c1-2-7-18-13-5-8-17(14(13)9-15(18)19)11-12-4-3-6-16-10-12/h2-4,6,10,13-14H,1,5,7-9,11H2/t13-,14+/m1/s1. The quantitative estimate of drug-likeness (QED) is 0.766. The molecule has 19 heavy (non-hydrogen) atoms. The number of amides is 1. The number of hydrogen-bond acceptors (Lipinski definition) is 3. The van der Waals surface area contributed by atoms with Gasteiger partial charge in [0, 0.05) is 50.5 Å². The molecular formula is C15H19N3O. The highest BCUT2D eigenvalue weighted by Gasteiger charge is 2.45. The molecule has 0 aliphatic carbocycles. The van der Waals surface area contributed by atoms with Crippen molar-refractivity contribution < 1.29 is 4.79 Å². The Morgan fingerprint density at radius 3 is 3.11 bits per heavy atom. The third-order valence-electron chi connectivity index (χ3n) is 4.16. The van der Waals surface area contributed by atoms with Crippen molar-refractivity contribution in [1.29, 1.82) is 0 Å². The minimum Gasteiger partial charge on any atom is -0.334 e. The van der Waals surface area contributed by atoms with E-state index < -0.39 is 0 Å². The molecule has 0 unspecified atom stereocenters. The van der Waals surface area contributed by atoms with Crippen molar-refractivity contribution in [2.45, 2.75) is 31.5 Å². The number of carbonyl (C=O) groups excluding carboxylic acids is 1. The van der Waals surface area contributed by atoms with Crippen molar-refractivity contribution in [2.75, 3.05) is 13.1 Å². The molecule has 0 saturated carbocycles. The summed E-state index contributed by atoms with van der Waals surface area (Å²) in [5, 5.41) is 0. The van der Waals surface area contributed by atoms with Gasteiger partial charge >= 0.3 is 0 Å². The summed E-state index contributed by atoms with van der Waals surface area (Å²) >= 11 is 0. The van der Waals surface area contributed by atoms with Crippen LogP contribution in [-0.4, -0.2) is 45.9 Å². The number of rotatable bonds is 4. The zero-order valence-corrected chi connectivity index (χ0v) is 11.0. The predicted octanol–water partition coefficient (Wildman–Crippen LogP) is 1.44. The van der Waals surface area contributed by atoms with Gasteiger partial charge < -0.3 is 4.90 Å². The lowest BCUT2D eigenvalue weighted by Gasteiger charge is -2.24. The summed E-state index contributed by atoms with van der Waals surface area (Å²) in [7, 11) is 0. The fourth-order valence-electron chi connectivity index (χ4n) is 3.31. The number of pyridine rings is 1. The van der Waals surface area contributed by atoms with E-state index in [4.69, 9.17) is 0 Å². The molecule has 0 aromatic carbocycles. The normalized spacial score (nSPS) is 26.7. The van der Waals surface area contributed by atoms with Crippen LogP contribution in [0.25, 0.3) is 0 Å². The lowest BCUT2D eigenvalue weighted by Crippen LogP contribution is -2.37.